The fraction of sp³-hybridized carbons (Fsp3) is 0.444. The Hall–Kier alpha value is -0.0700. The zero-order valence-corrected chi connectivity index (χ0v) is 9.87. The number of ketones is 1. The molecule has 0 rings (SSSR count). The molecule has 0 saturated heterocycles. The Kier molecular flexibility index (Phi) is 7.53. The molecular weight excluding hydrogens is 284 g/mol. The summed E-state index contributed by atoms with van der Waals surface area (Å²) >= 11 is 6.14. The summed E-state index contributed by atoms with van der Waals surface area (Å²) in [5, 5.41) is 0. The third-order valence-electron chi connectivity index (χ3n) is 1.29. The fourth-order valence-corrected chi connectivity index (χ4v) is 1.22. The Labute approximate surface area is 89.9 Å². The summed E-state index contributed by atoms with van der Waals surface area (Å²) in [7, 11) is 0. The van der Waals surface area contributed by atoms with Crippen LogP contribution in [0.2, 0.25) is 0 Å². The Bertz CT molecular complexity index is 222. The predicted molar refractivity (Wildman–Crippen MR) is 58.2 cm³/mol. The largest absolute Gasteiger partial charge is 0.285 e. The lowest BCUT2D eigenvalue weighted by Gasteiger charge is -1.95. The van der Waals surface area contributed by atoms with Gasteiger partial charge in [0, 0.05) is 22.4 Å². The first-order chi connectivity index (χ1) is 5.66. The van der Waals surface area contributed by atoms with Crippen LogP contribution in [0.1, 0.15) is 25.7 Å². The third kappa shape index (κ3) is 8.03. The summed E-state index contributed by atoms with van der Waals surface area (Å²) in [6.07, 6.45) is 3.33. The molecule has 0 aliphatic heterocycles. The van der Waals surface area contributed by atoms with E-state index in [4.69, 9.17) is 0 Å². The van der Waals surface area contributed by atoms with Crippen molar-refractivity contribution < 1.29 is 4.79 Å². The lowest BCUT2D eigenvalue weighted by Crippen LogP contribution is -1.92. The van der Waals surface area contributed by atoms with Gasteiger partial charge in [-0.3, -0.25) is 4.79 Å². The molecule has 0 unspecified atom stereocenters. The average molecular weight is 294 g/mol. The summed E-state index contributed by atoms with van der Waals surface area (Å²) in [6.45, 7) is 3.70. The molecule has 66 valence electrons. The Morgan fingerprint density at radius 1 is 1.33 bits per heavy atom. The number of hydrogen-bond donors (Lipinski definition) is 0. The number of allylic oxidation sites excluding steroid dienone is 1. The van der Waals surface area contributed by atoms with Gasteiger partial charge in [0.1, 0.15) is 0 Å². The van der Waals surface area contributed by atoms with Crippen LogP contribution in [0.4, 0.5) is 0 Å². The van der Waals surface area contributed by atoms with Gasteiger partial charge in [0.15, 0.2) is 0 Å². The summed E-state index contributed by atoms with van der Waals surface area (Å²) in [6, 6.07) is 0. The molecule has 0 fully saturated rings. The molecule has 1 nitrogen and oxygen atoms in total. The van der Waals surface area contributed by atoms with Crippen molar-refractivity contribution in [3.63, 3.8) is 0 Å². The molecule has 0 N–H and O–H groups in total. The first kappa shape index (κ1) is 11.9. The molecule has 0 aliphatic rings. The summed E-state index contributed by atoms with van der Waals surface area (Å²) in [4.78, 5) is 13.3. The van der Waals surface area contributed by atoms with Gasteiger partial charge < -0.3 is 0 Å². The van der Waals surface area contributed by atoms with E-state index in [0.29, 0.717) is 6.42 Å². The first-order valence-corrected chi connectivity index (χ1v) is 5.23. The van der Waals surface area contributed by atoms with Crippen LogP contribution in [-0.2, 0) is 4.79 Å². The zero-order valence-electron chi connectivity index (χ0n) is 6.70. The van der Waals surface area contributed by atoms with E-state index in [0.717, 1.165) is 23.7 Å². The van der Waals surface area contributed by atoms with Crippen LogP contribution in [0.25, 0.3) is 0 Å². The van der Waals surface area contributed by atoms with Crippen molar-refractivity contribution in [3.8, 4) is 10.8 Å². The number of Topliss-reactive ketones (excluding diaryl/α,β-unsaturated/α-hetero) is 1. The van der Waals surface area contributed by atoms with Crippen molar-refractivity contribution in [1.29, 1.82) is 0 Å². The van der Waals surface area contributed by atoms with E-state index in [1.54, 1.807) is 0 Å². The normalized spacial score (nSPS) is 8.50. The average Bonchev–Trinajstić information content (AvgIpc) is 1.98. The van der Waals surface area contributed by atoms with Crippen molar-refractivity contribution in [2.45, 2.75) is 25.7 Å². The maximum absolute atomic E-state index is 10.8. The van der Waals surface area contributed by atoms with Crippen LogP contribution < -0.4 is 0 Å². The van der Waals surface area contributed by atoms with Gasteiger partial charge >= 0.3 is 0 Å². The van der Waals surface area contributed by atoms with Crippen LogP contribution in [0.5, 0.6) is 0 Å². The number of hydrogen-bond acceptors (Lipinski definition) is 1. The third-order valence-corrected chi connectivity index (χ3v) is 1.88. The molecule has 0 aromatic carbocycles. The second-order valence-electron chi connectivity index (χ2n) is 2.37. The van der Waals surface area contributed by atoms with E-state index in [1.165, 1.54) is 0 Å². The van der Waals surface area contributed by atoms with Gasteiger partial charge in [-0.15, -0.1) is 0 Å². The van der Waals surface area contributed by atoms with Gasteiger partial charge in [0.2, 0.25) is 5.78 Å². The molecular formula is C9H10Br2O. The first-order valence-electron chi connectivity index (χ1n) is 3.64. The Balaban J connectivity index is 3.36. The Morgan fingerprint density at radius 2 is 1.92 bits per heavy atom. The number of rotatable bonds is 5. The minimum Gasteiger partial charge on any atom is -0.285 e. The monoisotopic (exact) mass is 292 g/mol. The van der Waals surface area contributed by atoms with Crippen molar-refractivity contribution >= 4 is 37.6 Å². The fourth-order valence-electron chi connectivity index (χ4n) is 0.718. The van der Waals surface area contributed by atoms with E-state index in [1.807, 2.05) is 0 Å². The van der Waals surface area contributed by atoms with E-state index < -0.39 is 0 Å². The number of carbonyl (C=O) groups excluding carboxylic acids is 1. The van der Waals surface area contributed by atoms with E-state index in [2.05, 4.69) is 49.2 Å². The lowest BCUT2D eigenvalue weighted by molar-refractivity contribution is -0.113. The van der Waals surface area contributed by atoms with Crippen LogP contribution in [0, 0.1) is 10.8 Å². The van der Waals surface area contributed by atoms with Gasteiger partial charge in [0.05, 0.1) is 0 Å². The highest BCUT2D eigenvalue weighted by Gasteiger charge is 1.96. The number of carbonyl (C=O) groups is 1. The van der Waals surface area contributed by atoms with Gasteiger partial charge in [0.25, 0.3) is 0 Å². The summed E-state index contributed by atoms with van der Waals surface area (Å²) in [5.74, 6) is 2.42. The summed E-state index contributed by atoms with van der Waals surface area (Å²) in [5.41, 5.74) is 0. The highest BCUT2D eigenvalue weighted by atomic mass is 79.9. The minimum absolute atomic E-state index is 0.00735. The molecule has 0 spiro atoms. The van der Waals surface area contributed by atoms with E-state index in [-0.39, 0.29) is 5.78 Å². The topological polar surface area (TPSA) is 17.1 Å². The molecule has 0 amide bonds. The number of halogens is 2. The quantitative estimate of drug-likeness (QED) is 0.561. The second-order valence-corrected chi connectivity index (χ2v) is 3.89. The molecule has 0 saturated carbocycles. The second kappa shape index (κ2) is 7.57. The molecule has 0 atom stereocenters. The molecule has 0 aromatic heterocycles. The molecule has 3 heteroatoms. The van der Waals surface area contributed by atoms with E-state index in [9.17, 15) is 4.79 Å². The molecule has 0 radical (unpaired) electrons. The van der Waals surface area contributed by atoms with Crippen molar-refractivity contribution in [2.24, 2.45) is 0 Å². The van der Waals surface area contributed by atoms with Crippen LogP contribution in [-0.4, -0.2) is 5.78 Å². The van der Waals surface area contributed by atoms with Gasteiger partial charge in [-0.2, -0.15) is 0 Å². The molecule has 0 heterocycles. The highest BCUT2D eigenvalue weighted by Crippen LogP contribution is 2.12. The van der Waals surface area contributed by atoms with Crippen LogP contribution in [0.3, 0.4) is 0 Å². The SMILES string of the molecule is C=C(Br)CCCCC(=O)C#CBr. The smallest absolute Gasteiger partial charge is 0.206 e. The summed E-state index contributed by atoms with van der Waals surface area (Å²) < 4.78 is 0.988. The van der Waals surface area contributed by atoms with E-state index >= 15 is 0 Å². The maximum atomic E-state index is 10.8. The van der Waals surface area contributed by atoms with Crippen molar-refractivity contribution in [1.82, 2.24) is 0 Å². The van der Waals surface area contributed by atoms with Crippen molar-refractivity contribution in [3.05, 3.63) is 11.1 Å². The highest BCUT2D eigenvalue weighted by molar-refractivity contribution is 9.12. The van der Waals surface area contributed by atoms with Gasteiger partial charge in [-0.1, -0.05) is 22.5 Å². The number of unbranched alkanes of at least 4 members (excludes halogenated alkanes) is 1. The standard InChI is InChI=1S/C9H10Br2O/c1-8(11)4-2-3-5-9(12)6-7-10/h1-5H2. The maximum Gasteiger partial charge on any atom is 0.206 e. The Morgan fingerprint density at radius 3 is 2.42 bits per heavy atom. The molecule has 0 aromatic rings. The van der Waals surface area contributed by atoms with Gasteiger partial charge in [-0.05, 0) is 34.5 Å². The van der Waals surface area contributed by atoms with Crippen molar-refractivity contribution in [2.75, 3.05) is 0 Å². The predicted octanol–water partition coefficient (Wildman–Crippen LogP) is 3.38. The van der Waals surface area contributed by atoms with Gasteiger partial charge in [-0.25, -0.2) is 0 Å². The lowest BCUT2D eigenvalue weighted by atomic mass is 10.1. The molecule has 0 bridgehead atoms. The van der Waals surface area contributed by atoms with Crippen LogP contribution >= 0.6 is 31.9 Å². The molecule has 12 heavy (non-hydrogen) atoms. The molecule has 0 aliphatic carbocycles. The zero-order chi connectivity index (χ0) is 9.40. The minimum atomic E-state index is -0.00735. The van der Waals surface area contributed by atoms with Crippen LogP contribution in [0.15, 0.2) is 11.1 Å².